The summed E-state index contributed by atoms with van der Waals surface area (Å²) < 4.78 is 0.552. The quantitative estimate of drug-likeness (QED) is 0.0911. The molecule has 222 valence electrons. The van der Waals surface area contributed by atoms with Crippen molar-refractivity contribution in [1.29, 1.82) is 0 Å². The van der Waals surface area contributed by atoms with E-state index in [0.717, 1.165) is 5.56 Å². The molecule has 0 saturated heterocycles. The molecule has 4 rings (SSSR count). The van der Waals surface area contributed by atoms with Gasteiger partial charge < -0.3 is 39.5 Å². The number of nitro groups is 1. The van der Waals surface area contributed by atoms with E-state index in [1.165, 1.54) is 19.9 Å². The molecule has 2 heterocycles. The smallest absolute Gasteiger partial charge is 0.294 e. The largest absolute Gasteiger partial charge is 0.397 e. The number of benzene rings is 2. The number of nitro benzene ring substituents is 1. The van der Waals surface area contributed by atoms with Gasteiger partial charge in [0.1, 0.15) is 17.8 Å². The van der Waals surface area contributed by atoms with Gasteiger partial charge in [0.15, 0.2) is 0 Å². The Kier molecular flexibility index (Phi) is 15.3. The number of rotatable bonds is 3. The van der Waals surface area contributed by atoms with Gasteiger partial charge in [0, 0.05) is 64.3 Å². The second-order valence-corrected chi connectivity index (χ2v) is 9.22. The average molecular weight is 715 g/mol. The normalized spacial score (nSPS) is 16.1. The van der Waals surface area contributed by atoms with Crippen LogP contribution in [0.4, 0.5) is 22.7 Å². The SMILES string of the molecule is CC(=O)NC1Cc2cc(Br)cc([N+](=O)[O-])c2NC1=O.CC(=O)NC1Cc2cccc(N)c2NC1=O.CCO.[CH3-].[Pd]. The zero-order valence-corrected chi connectivity index (χ0v) is 25.4. The van der Waals surface area contributed by atoms with Crippen molar-refractivity contribution in [3.63, 3.8) is 0 Å². The van der Waals surface area contributed by atoms with Crippen LogP contribution in [0.25, 0.3) is 0 Å². The molecular weight excluding hydrogens is 683 g/mol. The fraction of sp³-hybridized carbons (Fsp3) is 0.320. The number of carbonyl (C=O) groups excluding carboxylic acids is 4. The molecule has 0 radical (unpaired) electrons. The van der Waals surface area contributed by atoms with Gasteiger partial charge in [0.25, 0.3) is 5.69 Å². The van der Waals surface area contributed by atoms with Crippen molar-refractivity contribution < 1.29 is 49.6 Å². The first kappa shape index (κ1) is 36.6. The molecule has 15 heteroatoms. The van der Waals surface area contributed by atoms with Gasteiger partial charge in [-0.05, 0) is 30.2 Å². The molecule has 0 aromatic heterocycles. The van der Waals surface area contributed by atoms with Gasteiger partial charge in [-0.1, -0.05) is 28.1 Å². The molecule has 2 atom stereocenters. The Balaban J connectivity index is 0.000000669. The van der Waals surface area contributed by atoms with Crippen LogP contribution < -0.4 is 27.0 Å². The Morgan fingerprint density at radius 1 is 1.05 bits per heavy atom. The average Bonchev–Trinajstić information content (AvgIpc) is 2.81. The van der Waals surface area contributed by atoms with Crippen molar-refractivity contribution in [3.05, 3.63) is 63.5 Å². The molecule has 4 amide bonds. The molecule has 7 N–H and O–H groups in total. The summed E-state index contributed by atoms with van der Waals surface area (Å²) in [5, 5.41) is 28.8. The van der Waals surface area contributed by atoms with Crippen LogP contribution in [0.15, 0.2) is 34.8 Å². The number of anilines is 3. The van der Waals surface area contributed by atoms with E-state index in [4.69, 9.17) is 10.8 Å². The number of nitrogens with one attached hydrogen (secondary N) is 4. The Morgan fingerprint density at radius 2 is 1.52 bits per heavy atom. The number of nitrogens with zero attached hydrogens (tertiary/aromatic N) is 1. The number of nitrogen functional groups attached to an aromatic ring is 1. The third-order valence-corrected chi connectivity index (χ3v) is 5.73. The van der Waals surface area contributed by atoms with Crippen LogP contribution in [-0.4, -0.2) is 52.3 Å². The van der Waals surface area contributed by atoms with Crippen LogP contribution >= 0.6 is 15.9 Å². The number of para-hydroxylation sites is 1. The van der Waals surface area contributed by atoms with Crippen LogP contribution in [-0.2, 0) is 52.4 Å². The molecule has 0 aliphatic carbocycles. The zero-order chi connectivity index (χ0) is 28.6. The molecule has 0 saturated carbocycles. The Morgan fingerprint density at radius 3 is 2.00 bits per heavy atom. The van der Waals surface area contributed by atoms with Crippen LogP contribution in [0, 0.1) is 17.5 Å². The van der Waals surface area contributed by atoms with Gasteiger partial charge >= 0.3 is 0 Å². The number of aliphatic hydroxyl groups excluding tert-OH is 1. The van der Waals surface area contributed by atoms with E-state index in [0.29, 0.717) is 27.8 Å². The number of carbonyl (C=O) groups is 4. The molecular formula is C25H32BrN6O7Pd-. The van der Waals surface area contributed by atoms with E-state index in [1.54, 1.807) is 19.1 Å². The first-order valence-corrected chi connectivity index (χ1v) is 12.3. The van der Waals surface area contributed by atoms with Crippen molar-refractivity contribution >= 4 is 62.3 Å². The van der Waals surface area contributed by atoms with Crippen molar-refractivity contribution in [1.82, 2.24) is 10.6 Å². The van der Waals surface area contributed by atoms with Crippen LogP contribution in [0.3, 0.4) is 0 Å². The van der Waals surface area contributed by atoms with E-state index in [1.807, 2.05) is 12.1 Å². The van der Waals surface area contributed by atoms with Crippen LogP contribution in [0.1, 0.15) is 31.9 Å². The minimum atomic E-state index is -0.709. The second kappa shape index (κ2) is 16.7. The Bertz CT molecular complexity index is 1260. The predicted octanol–water partition coefficient (Wildman–Crippen LogP) is 2.07. The fourth-order valence-corrected chi connectivity index (χ4v) is 4.30. The van der Waals surface area contributed by atoms with Gasteiger partial charge in [-0.3, -0.25) is 29.3 Å². The molecule has 2 aliphatic heterocycles. The molecule has 0 fully saturated rings. The summed E-state index contributed by atoms with van der Waals surface area (Å²) in [6.07, 6.45) is 0.701. The Hall–Kier alpha value is -3.38. The first-order valence-electron chi connectivity index (χ1n) is 11.5. The van der Waals surface area contributed by atoms with Gasteiger partial charge in [0.2, 0.25) is 23.6 Å². The summed E-state index contributed by atoms with van der Waals surface area (Å²) >= 11 is 3.19. The van der Waals surface area contributed by atoms with Gasteiger partial charge in [-0.15, -0.1) is 0 Å². The number of halogens is 1. The van der Waals surface area contributed by atoms with Gasteiger partial charge in [0.05, 0.1) is 16.3 Å². The van der Waals surface area contributed by atoms with Crippen molar-refractivity contribution in [3.8, 4) is 0 Å². The van der Waals surface area contributed by atoms with E-state index in [-0.39, 0.29) is 70.0 Å². The molecule has 2 aromatic rings. The third kappa shape index (κ3) is 9.98. The standard InChI is InChI=1S/C11H10BrN3O4.C11H13N3O2.C2H6O.CH3.Pd/c1-5(16)13-8-3-6-2-7(12)4-9(15(18)19)10(6)14-11(8)17;1-6(15)13-9-5-7-3-2-4-8(12)10(7)14-11(9)16;1-2-3;;/h2,4,8H,3H2,1H3,(H,13,16)(H,14,17);2-4,9H,5,12H2,1H3,(H,13,15)(H,14,16);3H,2H2,1H3;1H3;/q;;;-1;. The van der Waals surface area contributed by atoms with E-state index in [9.17, 15) is 29.3 Å². The van der Waals surface area contributed by atoms with Crippen molar-refractivity contribution in [2.45, 2.75) is 45.7 Å². The van der Waals surface area contributed by atoms with Crippen molar-refractivity contribution in [2.75, 3.05) is 23.0 Å². The molecule has 2 unspecified atom stereocenters. The first-order chi connectivity index (χ1) is 17.9. The van der Waals surface area contributed by atoms with Crippen molar-refractivity contribution in [2.24, 2.45) is 0 Å². The third-order valence-electron chi connectivity index (χ3n) is 5.28. The number of nitrogens with two attached hydrogens (primary N) is 1. The molecule has 0 bridgehead atoms. The summed E-state index contributed by atoms with van der Waals surface area (Å²) in [7, 11) is 0. The summed E-state index contributed by atoms with van der Waals surface area (Å²) in [6, 6.07) is 7.26. The molecule has 2 aliphatic rings. The van der Waals surface area contributed by atoms with Crippen LogP contribution in [0.2, 0.25) is 0 Å². The summed E-state index contributed by atoms with van der Waals surface area (Å²) in [5.41, 5.74) is 8.54. The summed E-state index contributed by atoms with van der Waals surface area (Å²) in [5.74, 6) is -1.21. The van der Waals surface area contributed by atoms with Crippen LogP contribution in [0.5, 0.6) is 0 Å². The Labute approximate surface area is 254 Å². The van der Waals surface area contributed by atoms with Gasteiger partial charge in [-0.25, -0.2) is 0 Å². The number of fused-ring (bicyclic) bond motifs is 2. The molecule has 40 heavy (non-hydrogen) atoms. The minimum absolute atomic E-state index is 0. The summed E-state index contributed by atoms with van der Waals surface area (Å²) in [6.45, 7) is 4.63. The predicted molar refractivity (Wildman–Crippen MR) is 151 cm³/mol. The maximum Gasteiger partial charge on any atom is 0.294 e. The number of aliphatic hydroxyl groups is 1. The molecule has 13 nitrogen and oxygen atoms in total. The zero-order valence-electron chi connectivity index (χ0n) is 22.3. The van der Waals surface area contributed by atoms with Gasteiger partial charge in [-0.2, -0.15) is 0 Å². The summed E-state index contributed by atoms with van der Waals surface area (Å²) in [4.78, 5) is 55.8. The van der Waals surface area contributed by atoms with E-state index in [2.05, 4.69) is 37.2 Å². The topological polar surface area (TPSA) is 206 Å². The molecule has 0 spiro atoms. The number of hydrogen-bond acceptors (Lipinski definition) is 8. The number of amides is 4. The monoisotopic (exact) mass is 713 g/mol. The fourth-order valence-electron chi connectivity index (χ4n) is 3.81. The minimum Gasteiger partial charge on any atom is -0.397 e. The number of hydrogen-bond donors (Lipinski definition) is 6. The van der Waals surface area contributed by atoms with E-state index >= 15 is 0 Å². The van der Waals surface area contributed by atoms with E-state index < -0.39 is 22.9 Å². The second-order valence-electron chi connectivity index (χ2n) is 8.31. The maximum atomic E-state index is 11.8. The maximum absolute atomic E-state index is 11.8. The molecule has 2 aromatic carbocycles.